The third-order valence-electron chi connectivity index (χ3n) is 4.80. The Bertz CT molecular complexity index is 887. The zero-order chi connectivity index (χ0) is 19.0. The Kier molecular flexibility index (Phi) is 4.65. The normalized spacial score (nSPS) is 28.0. The molecule has 3 atom stereocenters. The Balaban J connectivity index is 1.42. The van der Waals surface area contributed by atoms with E-state index in [-0.39, 0.29) is 28.7 Å². The van der Waals surface area contributed by atoms with Crippen molar-refractivity contribution in [3.63, 3.8) is 0 Å². The summed E-state index contributed by atoms with van der Waals surface area (Å²) in [6, 6.07) is 5.56. The van der Waals surface area contributed by atoms with Crippen LogP contribution in [0.2, 0.25) is 0 Å². The molecular weight excluding hydrogens is 384 g/mol. The van der Waals surface area contributed by atoms with Gasteiger partial charge in [-0.25, -0.2) is 9.78 Å². The van der Waals surface area contributed by atoms with Crippen LogP contribution in [-0.4, -0.2) is 49.6 Å². The zero-order valence-electron chi connectivity index (χ0n) is 14.8. The van der Waals surface area contributed by atoms with E-state index in [4.69, 9.17) is 4.74 Å². The average Bonchev–Trinajstić information content (AvgIpc) is 3.25. The van der Waals surface area contributed by atoms with Gasteiger partial charge in [-0.1, -0.05) is 6.07 Å². The Morgan fingerprint density at radius 2 is 2.26 bits per heavy atom. The molecule has 2 fully saturated rings. The predicted molar refractivity (Wildman–Crippen MR) is 105 cm³/mol. The van der Waals surface area contributed by atoms with Crippen molar-refractivity contribution < 1.29 is 14.3 Å². The van der Waals surface area contributed by atoms with Gasteiger partial charge in [0.2, 0.25) is 0 Å². The van der Waals surface area contributed by atoms with Gasteiger partial charge in [-0.15, -0.1) is 23.1 Å². The van der Waals surface area contributed by atoms with Gasteiger partial charge in [0, 0.05) is 23.8 Å². The maximum atomic E-state index is 12.6. The number of pyridine rings is 1. The number of thioether (sulfide) groups is 1. The minimum atomic E-state index is -0.538. The van der Waals surface area contributed by atoms with Crippen molar-refractivity contribution in [1.29, 1.82) is 0 Å². The Morgan fingerprint density at radius 3 is 2.96 bits per heavy atom. The van der Waals surface area contributed by atoms with Crippen LogP contribution in [0.3, 0.4) is 0 Å². The summed E-state index contributed by atoms with van der Waals surface area (Å²) in [5, 5.41) is 4.84. The lowest BCUT2D eigenvalue weighted by atomic mass is 9.95. The molecule has 0 radical (unpaired) electrons. The molecule has 0 aliphatic carbocycles. The number of amides is 2. The van der Waals surface area contributed by atoms with Gasteiger partial charge in [0.15, 0.2) is 5.13 Å². The van der Waals surface area contributed by atoms with E-state index < -0.39 is 6.09 Å². The Hall–Kier alpha value is -2.39. The molecule has 2 unspecified atom stereocenters. The molecule has 0 saturated carbocycles. The van der Waals surface area contributed by atoms with E-state index in [1.54, 1.807) is 29.5 Å². The van der Waals surface area contributed by atoms with Crippen LogP contribution in [-0.2, 0) is 9.53 Å². The van der Waals surface area contributed by atoms with Crippen LogP contribution in [0.1, 0.15) is 19.5 Å². The number of thiazole rings is 1. The number of hydrogen-bond donors (Lipinski definition) is 1. The van der Waals surface area contributed by atoms with Crippen molar-refractivity contribution in [2.45, 2.75) is 30.0 Å². The van der Waals surface area contributed by atoms with E-state index in [2.05, 4.69) is 15.3 Å². The van der Waals surface area contributed by atoms with Crippen LogP contribution >= 0.6 is 23.1 Å². The molecule has 4 rings (SSSR count). The summed E-state index contributed by atoms with van der Waals surface area (Å²) in [5.74, 6) is 0.0154. The largest absolute Gasteiger partial charge is 0.448 e. The molecule has 0 aromatic carbocycles. The van der Waals surface area contributed by atoms with Crippen molar-refractivity contribution in [2.24, 2.45) is 0 Å². The third kappa shape index (κ3) is 3.32. The van der Waals surface area contributed by atoms with Crippen LogP contribution < -0.4 is 5.32 Å². The van der Waals surface area contributed by atoms with Gasteiger partial charge in [0.05, 0.1) is 16.0 Å². The number of aromatic nitrogens is 2. The molecule has 27 heavy (non-hydrogen) atoms. The van der Waals surface area contributed by atoms with Gasteiger partial charge in [0.1, 0.15) is 12.0 Å². The summed E-state index contributed by atoms with van der Waals surface area (Å²) in [6.45, 7) is 4.21. The number of anilines is 1. The van der Waals surface area contributed by atoms with Crippen LogP contribution in [0.25, 0.3) is 6.08 Å². The molecule has 140 valence electrons. The summed E-state index contributed by atoms with van der Waals surface area (Å²) in [5.41, 5.74) is 1.50. The summed E-state index contributed by atoms with van der Waals surface area (Å²) >= 11 is 2.97. The number of rotatable bonds is 4. The first-order valence-corrected chi connectivity index (χ1v) is 10.2. The summed E-state index contributed by atoms with van der Waals surface area (Å²) < 4.78 is 5.02. The van der Waals surface area contributed by atoms with Crippen molar-refractivity contribution in [1.82, 2.24) is 14.9 Å². The number of nitrogens with one attached hydrogen (secondary N) is 1. The molecule has 4 heterocycles. The van der Waals surface area contributed by atoms with Crippen LogP contribution in [0.4, 0.5) is 9.93 Å². The first kappa shape index (κ1) is 18.0. The summed E-state index contributed by atoms with van der Waals surface area (Å²) in [7, 11) is 0. The number of hydrogen-bond acceptors (Lipinski definition) is 7. The first-order chi connectivity index (χ1) is 13.0. The lowest BCUT2D eigenvalue weighted by Gasteiger charge is -2.39. The second-order valence-corrected chi connectivity index (χ2v) is 9.07. The standard InChI is InChI=1S/C18H18N4O3S2/c1-11-18(2,10-25-17(24)21-16-20-7-8-26-16)27-15-13(14(23)22(11)15)9-12-5-3-4-6-19-12/h3-9,11,15H,10H2,1-2H3,(H,20,21,24)/b13-9-/t11-,15?,18?/m0/s1. The van der Waals surface area contributed by atoms with Gasteiger partial charge in [-0.05, 0) is 32.1 Å². The van der Waals surface area contributed by atoms with E-state index >= 15 is 0 Å². The molecule has 0 bridgehead atoms. The fraction of sp³-hybridized carbons (Fsp3) is 0.333. The van der Waals surface area contributed by atoms with Crippen LogP contribution in [0, 0.1) is 0 Å². The van der Waals surface area contributed by atoms with Crippen LogP contribution in [0.15, 0.2) is 41.5 Å². The molecule has 7 nitrogen and oxygen atoms in total. The third-order valence-corrected chi connectivity index (χ3v) is 7.19. The van der Waals surface area contributed by atoms with E-state index in [0.717, 1.165) is 11.3 Å². The summed E-state index contributed by atoms with van der Waals surface area (Å²) in [6.07, 6.45) is 4.62. The Morgan fingerprint density at radius 1 is 1.41 bits per heavy atom. The van der Waals surface area contributed by atoms with Gasteiger partial charge in [-0.2, -0.15) is 0 Å². The van der Waals surface area contributed by atoms with Gasteiger partial charge in [-0.3, -0.25) is 15.1 Å². The lowest BCUT2D eigenvalue weighted by Crippen LogP contribution is -2.55. The van der Waals surface area contributed by atoms with Gasteiger partial charge < -0.3 is 9.64 Å². The Labute approximate surface area is 164 Å². The van der Waals surface area contributed by atoms with E-state index in [0.29, 0.717) is 5.13 Å². The van der Waals surface area contributed by atoms with E-state index in [1.165, 1.54) is 11.3 Å². The number of carbonyl (C=O) groups is 2. The molecule has 2 saturated heterocycles. The number of ether oxygens (including phenoxy) is 1. The number of β-lactam (4-membered cyclic amide) rings is 1. The highest BCUT2D eigenvalue weighted by molar-refractivity contribution is 8.02. The molecule has 2 aromatic heterocycles. The molecule has 9 heteroatoms. The van der Waals surface area contributed by atoms with Gasteiger partial charge in [0.25, 0.3) is 5.91 Å². The molecule has 2 amide bonds. The number of nitrogens with zero attached hydrogens (tertiary/aromatic N) is 3. The minimum absolute atomic E-state index is 0.0154. The summed E-state index contributed by atoms with van der Waals surface area (Å²) in [4.78, 5) is 34.7. The molecule has 2 aliphatic rings. The highest BCUT2D eigenvalue weighted by Gasteiger charge is 2.59. The maximum absolute atomic E-state index is 12.6. The van der Waals surface area contributed by atoms with Gasteiger partial charge >= 0.3 is 6.09 Å². The molecule has 2 aliphatic heterocycles. The fourth-order valence-electron chi connectivity index (χ4n) is 3.12. The molecule has 0 spiro atoms. The quantitative estimate of drug-likeness (QED) is 0.624. The van der Waals surface area contributed by atoms with E-state index in [9.17, 15) is 9.59 Å². The van der Waals surface area contributed by atoms with E-state index in [1.807, 2.05) is 43.0 Å². The van der Waals surface area contributed by atoms with Crippen molar-refractivity contribution in [3.05, 3.63) is 47.2 Å². The van der Waals surface area contributed by atoms with Crippen molar-refractivity contribution >= 4 is 46.3 Å². The molecule has 1 N–H and O–H groups in total. The average molecular weight is 403 g/mol. The SMILES string of the molecule is C[C@@H]1N2C(=O)/C(=C/c3ccccn3)C2SC1(C)COC(=O)Nc1nccs1. The predicted octanol–water partition coefficient (Wildman–Crippen LogP) is 3.23. The first-order valence-electron chi connectivity index (χ1n) is 8.44. The second-order valence-electron chi connectivity index (χ2n) is 6.56. The fourth-order valence-corrected chi connectivity index (χ4v) is 5.27. The van der Waals surface area contributed by atoms with Crippen LogP contribution in [0.5, 0.6) is 0 Å². The lowest BCUT2D eigenvalue weighted by molar-refractivity contribution is -0.135. The zero-order valence-corrected chi connectivity index (χ0v) is 16.4. The minimum Gasteiger partial charge on any atom is -0.448 e. The number of carbonyl (C=O) groups excluding carboxylic acids is 2. The number of fused-ring (bicyclic) bond motifs is 1. The second kappa shape index (κ2) is 6.97. The highest BCUT2D eigenvalue weighted by atomic mass is 32.2. The van der Waals surface area contributed by atoms with Crippen molar-refractivity contribution in [2.75, 3.05) is 11.9 Å². The monoisotopic (exact) mass is 402 g/mol. The smallest absolute Gasteiger partial charge is 0.413 e. The molecule has 2 aromatic rings. The topological polar surface area (TPSA) is 84.4 Å². The molecular formula is C18H18N4O3S2. The highest BCUT2D eigenvalue weighted by Crippen LogP contribution is 2.53. The maximum Gasteiger partial charge on any atom is 0.413 e. The van der Waals surface area contributed by atoms with Crippen molar-refractivity contribution in [3.8, 4) is 0 Å².